The first-order chi connectivity index (χ1) is 4.86. The molecule has 2 aromatic rings. The van der Waals surface area contributed by atoms with Crippen LogP contribution in [0.1, 0.15) is 0 Å². The van der Waals surface area contributed by atoms with Crippen molar-refractivity contribution in [1.82, 2.24) is 0 Å². The zero-order valence-corrected chi connectivity index (χ0v) is 5.24. The molecule has 0 amide bonds. The number of rotatable bonds is 0. The van der Waals surface area contributed by atoms with E-state index in [2.05, 4.69) is 0 Å². The van der Waals surface area contributed by atoms with Gasteiger partial charge in [-0.2, -0.15) is 0 Å². The fourth-order valence-electron chi connectivity index (χ4n) is 0.943. The van der Waals surface area contributed by atoms with E-state index in [1.54, 1.807) is 19.3 Å². The van der Waals surface area contributed by atoms with Gasteiger partial charge in [0, 0.05) is 0 Å². The van der Waals surface area contributed by atoms with E-state index in [9.17, 15) is 0 Å². The van der Waals surface area contributed by atoms with E-state index in [0.29, 0.717) is 0 Å². The van der Waals surface area contributed by atoms with E-state index in [1.165, 1.54) is 0 Å². The van der Waals surface area contributed by atoms with Gasteiger partial charge >= 0.3 is 57.4 Å². The summed E-state index contributed by atoms with van der Waals surface area (Å²) < 4.78 is 5.04. The Morgan fingerprint density at radius 2 is 2.30 bits per heavy atom. The number of aromatic hydroxyl groups is 1. The fourth-order valence-corrected chi connectivity index (χ4v) is 0.943. The average Bonchev–Trinajstić information content (AvgIpc) is 2.33. The van der Waals surface area contributed by atoms with Crippen LogP contribution >= 0.6 is 0 Å². The van der Waals surface area contributed by atoms with E-state index in [4.69, 9.17) is 9.44 Å². The summed E-state index contributed by atoms with van der Waals surface area (Å²) >= 11 is 0. The first-order valence-electron chi connectivity index (χ1n) is 3.02. The Morgan fingerprint density at radius 3 is 3.20 bits per heavy atom. The molecular formula is C7H5BO2. The molecule has 48 valence electrons. The van der Waals surface area contributed by atoms with Gasteiger partial charge in [-0.15, -0.1) is 0 Å². The van der Waals surface area contributed by atoms with Gasteiger partial charge in [0.1, 0.15) is 0 Å². The van der Waals surface area contributed by atoms with Crippen LogP contribution in [0.3, 0.4) is 0 Å². The SMILES string of the molecule is Oc1ccc2cboc2c1. The molecule has 0 bridgehead atoms. The fraction of sp³-hybridized carbons (Fsp3) is 0. The van der Waals surface area contributed by atoms with Gasteiger partial charge in [0.25, 0.3) is 0 Å². The Balaban J connectivity index is 2.86. The van der Waals surface area contributed by atoms with E-state index in [1.807, 2.05) is 12.0 Å². The van der Waals surface area contributed by atoms with Crippen molar-refractivity contribution in [3.8, 4) is 5.75 Å². The molecule has 0 aliphatic heterocycles. The van der Waals surface area contributed by atoms with Crippen molar-refractivity contribution >= 4 is 18.1 Å². The summed E-state index contributed by atoms with van der Waals surface area (Å²) in [7, 11) is 1.60. The van der Waals surface area contributed by atoms with Gasteiger partial charge in [-0.3, -0.25) is 0 Å². The van der Waals surface area contributed by atoms with E-state index < -0.39 is 0 Å². The molecule has 0 atom stereocenters. The van der Waals surface area contributed by atoms with Crippen LogP contribution in [0.5, 0.6) is 5.75 Å². The molecule has 0 unspecified atom stereocenters. The van der Waals surface area contributed by atoms with Gasteiger partial charge in [-0.05, 0) is 0 Å². The van der Waals surface area contributed by atoms with Gasteiger partial charge in [-0.1, -0.05) is 0 Å². The summed E-state index contributed by atoms with van der Waals surface area (Å²) in [6, 6.07) is 5.04. The van der Waals surface area contributed by atoms with Crippen molar-refractivity contribution in [1.29, 1.82) is 0 Å². The minimum absolute atomic E-state index is 0.238. The third kappa shape index (κ3) is 0.710. The molecule has 0 saturated heterocycles. The van der Waals surface area contributed by atoms with Crippen molar-refractivity contribution < 1.29 is 9.44 Å². The van der Waals surface area contributed by atoms with E-state index in [0.717, 1.165) is 11.0 Å². The van der Waals surface area contributed by atoms with Crippen LogP contribution in [0.2, 0.25) is 0 Å². The second-order valence-corrected chi connectivity index (χ2v) is 2.14. The van der Waals surface area contributed by atoms with Crippen LogP contribution < -0.4 is 0 Å². The number of phenols is 1. The molecule has 2 nitrogen and oxygen atoms in total. The molecule has 0 fully saturated rings. The number of benzene rings is 1. The van der Waals surface area contributed by atoms with Crippen LogP contribution in [0.4, 0.5) is 0 Å². The molecule has 1 heterocycles. The predicted octanol–water partition coefficient (Wildman–Crippen LogP) is 1.48. The molecule has 1 N–H and O–H groups in total. The van der Waals surface area contributed by atoms with Crippen molar-refractivity contribution in [2.75, 3.05) is 0 Å². The van der Waals surface area contributed by atoms with Crippen LogP contribution in [-0.2, 0) is 0 Å². The Kier molecular flexibility index (Phi) is 1.03. The summed E-state index contributed by atoms with van der Waals surface area (Å²) in [6.45, 7) is 0. The first-order valence-corrected chi connectivity index (χ1v) is 3.02. The predicted molar refractivity (Wildman–Crippen MR) is 39.2 cm³/mol. The Bertz CT molecular complexity index is 353. The summed E-state index contributed by atoms with van der Waals surface area (Å²) in [6.07, 6.45) is 0. The summed E-state index contributed by atoms with van der Waals surface area (Å²) in [5.74, 6) is 2.09. The average molecular weight is 132 g/mol. The summed E-state index contributed by atoms with van der Waals surface area (Å²) in [5, 5.41) is 10.0. The standard InChI is InChI=1S/C7H5BO2/c9-6-2-1-5-4-8-10-7(5)3-6/h1-4,9H. The Morgan fingerprint density at radius 1 is 1.40 bits per heavy atom. The van der Waals surface area contributed by atoms with Crippen molar-refractivity contribution in [3.63, 3.8) is 0 Å². The minimum atomic E-state index is 0.238. The van der Waals surface area contributed by atoms with Crippen molar-refractivity contribution in [3.05, 3.63) is 24.2 Å². The molecule has 0 spiro atoms. The monoisotopic (exact) mass is 132 g/mol. The summed E-state index contributed by atoms with van der Waals surface area (Å²) in [4.78, 5) is 0. The molecule has 1 aromatic heterocycles. The quantitative estimate of drug-likeness (QED) is 0.588. The molecule has 0 aliphatic carbocycles. The number of hydrogen-bond acceptors (Lipinski definition) is 2. The number of hydrogen-bond donors (Lipinski definition) is 1. The number of fused-ring (bicyclic) bond motifs is 1. The molecule has 3 heteroatoms. The third-order valence-corrected chi connectivity index (χ3v) is 1.44. The molecule has 0 radical (unpaired) electrons. The van der Waals surface area contributed by atoms with Crippen molar-refractivity contribution in [2.24, 2.45) is 0 Å². The maximum atomic E-state index is 8.99. The topological polar surface area (TPSA) is 33.4 Å². The van der Waals surface area contributed by atoms with Gasteiger partial charge < -0.3 is 0 Å². The van der Waals surface area contributed by atoms with E-state index >= 15 is 0 Å². The molecule has 10 heavy (non-hydrogen) atoms. The van der Waals surface area contributed by atoms with Gasteiger partial charge in [-0.25, -0.2) is 0 Å². The summed E-state index contributed by atoms with van der Waals surface area (Å²) in [5.41, 5.74) is 0.722. The normalized spacial score (nSPS) is 10.0. The van der Waals surface area contributed by atoms with Gasteiger partial charge in [0.2, 0.25) is 0 Å². The van der Waals surface area contributed by atoms with Gasteiger partial charge in [0.15, 0.2) is 0 Å². The van der Waals surface area contributed by atoms with Crippen LogP contribution in [0.25, 0.3) is 11.0 Å². The second kappa shape index (κ2) is 1.87. The molecule has 0 saturated carbocycles. The Hall–Kier alpha value is -1.25. The van der Waals surface area contributed by atoms with Crippen LogP contribution in [-0.4, -0.2) is 12.2 Å². The molecule has 1 aromatic carbocycles. The zero-order chi connectivity index (χ0) is 6.97. The molecule has 2 rings (SSSR count). The van der Waals surface area contributed by atoms with Crippen molar-refractivity contribution in [2.45, 2.75) is 0 Å². The van der Waals surface area contributed by atoms with Crippen LogP contribution in [0.15, 0.2) is 28.5 Å². The van der Waals surface area contributed by atoms with Crippen LogP contribution in [0, 0.1) is 0 Å². The number of phenolic OH excluding ortho intramolecular Hbond substituents is 1. The third-order valence-electron chi connectivity index (χ3n) is 1.44. The maximum absolute atomic E-state index is 8.99. The Labute approximate surface area is 58.3 Å². The van der Waals surface area contributed by atoms with E-state index in [-0.39, 0.29) is 5.75 Å². The molecular weight excluding hydrogens is 127 g/mol. The second-order valence-electron chi connectivity index (χ2n) is 2.14. The zero-order valence-electron chi connectivity index (χ0n) is 5.24. The first kappa shape index (κ1) is 5.53. The van der Waals surface area contributed by atoms with Gasteiger partial charge in [0.05, 0.1) is 0 Å². The molecule has 0 aliphatic rings.